The summed E-state index contributed by atoms with van der Waals surface area (Å²) >= 11 is 6.49. The maximum Gasteiger partial charge on any atom is 0.273 e. The molecule has 0 spiro atoms. The Morgan fingerprint density at radius 3 is 2.74 bits per heavy atom. The van der Waals surface area contributed by atoms with E-state index in [-0.39, 0.29) is 11.8 Å². The number of rotatable bonds is 2. The highest BCUT2D eigenvalue weighted by Crippen LogP contribution is 2.31. The average Bonchev–Trinajstić information content (AvgIpc) is 3.21. The summed E-state index contributed by atoms with van der Waals surface area (Å²) in [5.41, 5.74) is 3.28. The van der Waals surface area contributed by atoms with Crippen molar-refractivity contribution in [2.24, 2.45) is 0 Å². The molecule has 5 nitrogen and oxygen atoms in total. The molecule has 0 radical (unpaired) electrons. The first-order chi connectivity index (χ1) is 11.1. The summed E-state index contributed by atoms with van der Waals surface area (Å²) in [5, 5.41) is 8.51. The minimum Gasteiger partial charge on any atom is -0.348 e. The fourth-order valence-electron chi connectivity index (χ4n) is 2.60. The minimum atomic E-state index is -0.216. The third-order valence-corrected chi connectivity index (χ3v) is 4.99. The number of nitrogens with one attached hydrogen (secondary N) is 3. The molecule has 2 amide bonds. The van der Waals surface area contributed by atoms with Gasteiger partial charge in [-0.15, -0.1) is 11.3 Å². The van der Waals surface area contributed by atoms with E-state index in [1.807, 2.05) is 30.3 Å². The lowest BCUT2D eigenvalue weighted by Crippen LogP contribution is -2.21. The van der Waals surface area contributed by atoms with Gasteiger partial charge in [-0.1, -0.05) is 6.07 Å². The lowest BCUT2D eigenvalue weighted by atomic mass is 10.1. The van der Waals surface area contributed by atoms with Gasteiger partial charge >= 0.3 is 0 Å². The van der Waals surface area contributed by atoms with Crippen LogP contribution in [0.2, 0.25) is 0 Å². The maximum absolute atomic E-state index is 11.7. The Bertz CT molecular complexity index is 898. The highest BCUT2D eigenvalue weighted by Gasteiger charge is 2.21. The second kappa shape index (κ2) is 5.29. The molecule has 0 atom stereocenters. The Morgan fingerprint density at radius 2 is 1.96 bits per heavy atom. The number of thiocarbonyl (C=S) groups is 1. The number of fused-ring (bicyclic) bond motifs is 1. The van der Waals surface area contributed by atoms with Crippen LogP contribution in [0.15, 0.2) is 36.0 Å². The molecule has 3 heterocycles. The zero-order valence-electron chi connectivity index (χ0n) is 11.8. The molecular formula is C16H11N3O2S2. The van der Waals surface area contributed by atoms with Gasteiger partial charge in [0.15, 0.2) is 5.11 Å². The SMILES string of the molecule is O=C1NC(=S)N/C1=C/c1ccc(-c2ccc3c(c2)CNC3=O)s1. The lowest BCUT2D eigenvalue weighted by Gasteiger charge is -2.00. The summed E-state index contributed by atoms with van der Waals surface area (Å²) in [6.45, 7) is 0.575. The van der Waals surface area contributed by atoms with Gasteiger partial charge in [0.2, 0.25) is 0 Å². The Hall–Kier alpha value is -2.51. The summed E-state index contributed by atoms with van der Waals surface area (Å²) < 4.78 is 0. The zero-order chi connectivity index (χ0) is 16.0. The Morgan fingerprint density at radius 1 is 1.09 bits per heavy atom. The van der Waals surface area contributed by atoms with Gasteiger partial charge in [-0.05, 0) is 53.7 Å². The average molecular weight is 341 g/mol. The monoisotopic (exact) mass is 341 g/mol. The van der Waals surface area contributed by atoms with E-state index in [1.54, 1.807) is 17.4 Å². The molecule has 2 aliphatic rings. The number of benzene rings is 1. The van der Waals surface area contributed by atoms with Gasteiger partial charge in [0.05, 0.1) is 0 Å². The number of hydrogen-bond acceptors (Lipinski definition) is 4. The van der Waals surface area contributed by atoms with Gasteiger partial charge in [0, 0.05) is 21.9 Å². The van der Waals surface area contributed by atoms with Crippen LogP contribution < -0.4 is 16.0 Å². The predicted molar refractivity (Wildman–Crippen MR) is 92.8 cm³/mol. The minimum absolute atomic E-state index is 0.0163. The maximum atomic E-state index is 11.7. The van der Waals surface area contributed by atoms with Crippen molar-refractivity contribution in [2.75, 3.05) is 0 Å². The van der Waals surface area contributed by atoms with Gasteiger partial charge in [0.1, 0.15) is 5.70 Å². The van der Waals surface area contributed by atoms with Crippen LogP contribution in [0.4, 0.5) is 0 Å². The van der Waals surface area contributed by atoms with Crippen molar-refractivity contribution in [2.45, 2.75) is 6.54 Å². The standard InChI is InChI=1S/C16H11N3O2S2/c20-14-11-3-1-8(5-9(11)7-17-14)13-4-2-10(23-13)6-12-15(21)19-16(22)18-12/h1-6H,7H2,(H,17,20)(H2,18,19,21,22)/b12-6+. The molecule has 0 saturated carbocycles. The second-order valence-electron chi connectivity index (χ2n) is 5.22. The first-order valence-corrected chi connectivity index (χ1v) is 8.18. The van der Waals surface area contributed by atoms with Crippen molar-refractivity contribution in [3.8, 4) is 10.4 Å². The predicted octanol–water partition coefficient (Wildman–Crippen LogP) is 2.00. The number of carbonyl (C=O) groups is 2. The molecule has 3 N–H and O–H groups in total. The largest absolute Gasteiger partial charge is 0.348 e. The second-order valence-corrected chi connectivity index (χ2v) is 6.75. The molecule has 1 fully saturated rings. The van der Waals surface area contributed by atoms with Gasteiger partial charge in [-0.3, -0.25) is 14.9 Å². The van der Waals surface area contributed by atoms with Crippen LogP contribution in [0.3, 0.4) is 0 Å². The highest BCUT2D eigenvalue weighted by atomic mass is 32.1. The van der Waals surface area contributed by atoms with Crippen LogP contribution >= 0.6 is 23.6 Å². The highest BCUT2D eigenvalue weighted by molar-refractivity contribution is 7.80. The first-order valence-electron chi connectivity index (χ1n) is 6.95. The molecule has 2 aliphatic heterocycles. The molecular weight excluding hydrogens is 330 g/mol. The molecule has 1 aromatic heterocycles. The zero-order valence-corrected chi connectivity index (χ0v) is 13.4. The van der Waals surface area contributed by atoms with E-state index < -0.39 is 0 Å². The third kappa shape index (κ3) is 2.54. The van der Waals surface area contributed by atoms with Crippen LogP contribution in [0.5, 0.6) is 0 Å². The van der Waals surface area contributed by atoms with E-state index in [1.165, 1.54) is 0 Å². The normalized spacial score (nSPS) is 17.9. The van der Waals surface area contributed by atoms with Gasteiger partial charge in [-0.2, -0.15) is 0 Å². The van der Waals surface area contributed by atoms with Crippen LogP contribution in [0, 0.1) is 0 Å². The Balaban J connectivity index is 1.64. The van der Waals surface area contributed by atoms with Crippen LogP contribution in [-0.4, -0.2) is 16.9 Å². The van der Waals surface area contributed by atoms with Crippen LogP contribution in [-0.2, 0) is 11.3 Å². The summed E-state index contributed by atoms with van der Waals surface area (Å²) in [4.78, 5) is 25.3. The molecule has 4 rings (SSSR count). The molecule has 1 aromatic carbocycles. The van der Waals surface area contributed by atoms with E-state index >= 15 is 0 Å². The molecule has 0 bridgehead atoms. The molecule has 1 saturated heterocycles. The van der Waals surface area contributed by atoms with E-state index in [0.29, 0.717) is 17.4 Å². The van der Waals surface area contributed by atoms with Gasteiger partial charge in [-0.25, -0.2) is 0 Å². The first kappa shape index (κ1) is 14.1. The van der Waals surface area contributed by atoms with Crippen molar-refractivity contribution in [3.63, 3.8) is 0 Å². The number of thiophene rings is 1. The third-order valence-electron chi connectivity index (χ3n) is 3.71. The Labute approximate surface area is 141 Å². The lowest BCUT2D eigenvalue weighted by molar-refractivity contribution is -0.115. The summed E-state index contributed by atoms with van der Waals surface area (Å²) in [6.07, 6.45) is 1.78. The summed E-state index contributed by atoms with van der Waals surface area (Å²) in [5.74, 6) is -0.232. The number of amides is 2. The summed E-state index contributed by atoms with van der Waals surface area (Å²) in [6, 6.07) is 9.80. The van der Waals surface area contributed by atoms with Crippen LogP contribution in [0.1, 0.15) is 20.8 Å². The molecule has 2 aromatic rings. The molecule has 114 valence electrons. The fraction of sp³-hybridized carbons (Fsp3) is 0.0625. The van der Waals surface area contributed by atoms with E-state index in [0.717, 1.165) is 26.4 Å². The topological polar surface area (TPSA) is 70.2 Å². The molecule has 0 aliphatic carbocycles. The number of carbonyl (C=O) groups excluding carboxylic acids is 2. The van der Waals surface area contributed by atoms with E-state index in [4.69, 9.17) is 12.2 Å². The Kier molecular flexibility index (Phi) is 3.24. The smallest absolute Gasteiger partial charge is 0.273 e. The van der Waals surface area contributed by atoms with Crippen molar-refractivity contribution in [1.82, 2.24) is 16.0 Å². The van der Waals surface area contributed by atoms with Crippen molar-refractivity contribution in [1.29, 1.82) is 0 Å². The molecule has 23 heavy (non-hydrogen) atoms. The van der Waals surface area contributed by atoms with Crippen molar-refractivity contribution < 1.29 is 9.59 Å². The molecule has 7 heteroatoms. The van der Waals surface area contributed by atoms with E-state index in [9.17, 15) is 9.59 Å². The summed E-state index contributed by atoms with van der Waals surface area (Å²) in [7, 11) is 0. The quantitative estimate of drug-likeness (QED) is 0.577. The van der Waals surface area contributed by atoms with Gasteiger partial charge < -0.3 is 10.6 Å². The van der Waals surface area contributed by atoms with E-state index in [2.05, 4.69) is 16.0 Å². The molecule has 0 unspecified atom stereocenters. The van der Waals surface area contributed by atoms with Crippen molar-refractivity contribution >= 4 is 46.6 Å². The fourth-order valence-corrected chi connectivity index (χ4v) is 3.75. The van der Waals surface area contributed by atoms with Crippen molar-refractivity contribution in [3.05, 3.63) is 52.0 Å². The van der Waals surface area contributed by atoms with Gasteiger partial charge in [0.25, 0.3) is 11.8 Å². The van der Waals surface area contributed by atoms with Crippen LogP contribution in [0.25, 0.3) is 16.5 Å². The number of hydrogen-bond donors (Lipinski definition) is 3.